The van der Waals surface area contributed by atoms with Crippen LogP contribution in [0.15, 0.2) is 41.0 Å². The first-order valence-corrected chi connectivity index (χ1v) is 7.27. The summed E-state index contributed by atoms with van der Waals surface area (Å²) in [5.41, 5.74) is 0.847. The van der Waals surface area contributed by atoms with Crippen LogP contribution in [0.5, 0.6) is 0 Å². The number of nitrogens with zero attached hydrogens (tertiary/aromatic N) is 2. The Balaban J connectivity index is 1.76. The Morgan fingerprint density at radius 1 is 1.48 bits per heavy atom. The third-order valence-electron chi connectivity index (χ3n) is 3.04. The van der Waals surface area contributed by atoms with Crippen LogP contribution in [0.2, 0.25) is 0 Å². The van der Waals surface area contributed by atoms with Crippen LogP contribution in [-0.4, -0.2) is 15.9 Å². The fraction of sp³-hybridized carbons (Fsp3) is 0.214. The first-order valence-electron chi connectivity index (χ1n) is 6.46. The molecule has 108 valence electrons. The number of benzene rings is 1. The van der Waals surface area contributed by atoms with E-state index in [1.165, 1.54) is 17.4 Å². The molecule has 0 saturated carbocycles. The van der Waals surface area contributed by atoms with E-state index < -0.39 is 4.92 Å². The number of fused-ring (bicyclic) bond motifs is 1. The molecule has 21 heavy (non-hydrogen) atoms. The summed E-state index contributed by atoms with van der Waals surface area (Å²) in [6.45, 7) is 2.04. The van der Waals surface area contributed by atoms with Crippen LogP contribution in [0.1, 0.15) is 12.7 Å². The summed E-state index contributed by atoms with van der Waals surface area (Å²) < 4.78 is 6.11. The largest absolute Gasteiger partial charge is 0.469 e. The summed E-state index contributed by atoms with van der Waals surface area (Å²) in [6.07, 6.45) is 2.40. The van der Waals surface area contributed by atoms with Crippen molar-refractivity contribution in [3.8, 4) is 0 Å². The van der Waals surface area contributed by atoms with Crippen LogP contribution in [0.3, 0.4) is 0 Å². The van der Waals surface area contributed by atoms with Crippen molar-refractivity contribution in [1.29, 1.82) is 0 Å². The van der Waals surface area contributed by atoms with Crippen molar-refractivity contribution >= 4 is 32.4 Å². The molecule has 3 aromatic rings. The van der Waals surface area contributed by atoms with Gasteiger partial charge in [-0.2, -0.15) is 0 Å². The van der Waals surface area contributed by atoms with E-state index in [-0.39, 0.29) is 11.7 Å². The van der Waals surface area contributed by atoms with E-state index in [0.29, 0.717) is 0 Å². The standard InChI is InChI=1S/C14H13N3O3S/c1-9(7-11-3-2-6-20-11)15-14-16-12-5-4-10(17(18)19)8-13(12)21-14/h2-6,8-9H,7H2,1H3,(H,15,16). The molecule has 0 aliphatic heterocycles. The van der Waals surface area contributed by atoms with Crippen LogP contribution < -0.4 is 5.32 Å². The normalized spacial score (nSPS) is 12.4. The van der Waals surface area contributed by atoms with Crippen molar-refractivity contribution < 1.29 is 9.34 Å². The van der Waals surface area contributed by atoms with Crippen LogP contribution >= 0.6 is 11.3 Å². The van der Waals surface area contributed by atoms with E-state index in [1.807, 2.05) is 19.1 Å². The van der Waals surface area contributed by atoms with Crippen molar-refractivity contribution in [2.24, 2.45) is 0 Å². The number of aromatic nitrogens is 1. The van der Waals surface area contributed by atoms with E-state index in [0.717, 1.165) is 27.5 Å². The molecule has 0 fully saturated rings. The van der Waals surface area contributed by atoms with Gasteiger partial charge in [-0.15, -0.1) is 0 Å². The molecule has 3 rings (SSSR count). The minimum absolute atomic E-state index is 0.0846. The number of hydrogen-bond donors (Lipinski definition) is 1. The Morgan fingerprint density at radius 2 is 2.33 bits per heavy atom. The summed E-state index contributed by atoms with van der Waals surface area (Å²) in [6, 6.07) is 8.64. The van der Waals surface area contributed by atoms with E-state index in [2.05, 4.69) is 10.3 Å². The summed E-state index contributed by atoms with van der Waals surface area (Å²) >= 11 is 1.41. The lowest BCUT2D eigenvalue weighted by Crippen LogP contribution is -2.17. The van der Waals surface area contributed by atoms with Crippen LogP contribution in [-0.2, 0) is 6.42 Å². The maximum Gasteiger partial charge on any atom is 0.270 e. The molecule has 6 nitrogen and oxygen atoms in total. The van der Waals surface area contributed by atoms with E-state index in [4.69, 9.17) is 4.42 Å². The summed E-state index contributed by atoms with van der Waals surface area (Å²) in [7, 11) is 0. The van der Waals surface area contributed by atoms with Crippen molar-refractivity contribution in [3.05, 3.63) is 52.5 Å². The Labute approximate surface area is 124 Å². The van der Waals surface area contributed by atoms with Crippen molar-refractivity contribution in [2.45, 2.75) is 19.4 Å². The molecule has 1 unspecified atom stereocenters. The first kappa shape index (κ1) is 13.6. The van der Waals surface area contributed by atoms with Gasteiger partial charge in [0.1, 0.15) is 5.76 Å². The number of anilines is 1. The van der Waals surface area contributed by atoms with Crippen LogP contribution in [0.25, 0.3) is 10.2 Å². The second-order valence-corrected chi connectivity index (χ2v) is 5.79. The monoisotopic (exact) mass is 303 g/mol. The van der Waals surface area contributed by atoms with Gasteiger partial charge in [-0.05, 0) is 25.1 Å². The summed E-state index contributed by atoms with van der Waals surface area (Å²) in [5.74, 6) is 0.909. The maximum atomic E-state index is 10.8. The number of nitro benzene ring substituents is 1. The van der Waals surface area contributed by atoms with Gasteiger partial charge in [-0.25, -0.2) is 4.98 Å². The highest BCUT2D eigenvalue weighted by Crippen LogP contribution is 2.29. The molecular formula is C14H13N3O3S. The Bertz CT molecular complexity index is 767. The number of rotatable bonds is 5. The average molecular weight is 303 g/mol. The molecule has 1 aromatic carbocycles. The topological polar surface area (TPSA) is 81.2 Å². The van der Waals surface area contributed by atoms with Crippen LogP contribution in [0.4, 0.5) is 10.8 Å². The highest BCUT2D eigenvalue weighted by molar-refractivity contribution is 7.22. The third kappa shape index (κ3) is 3.03. The molecule has 1 N–H and O–H groups in total. The second-order valence-electron chi connectivity index (χ2n) is 4.76. The van der Waals surface area contributed by atoms with Gasteiger partial charge in [-0.1, -0.05) is 11.3 Å². The van der Waals surface area contributed by atoms with Crippen molar-refractivity contribution in [3.63, 3.8) is 0 Å². The lowest BCUT2D eigenvalue weighted by Gasteiger charge is -2.10. The van der Waals surface area contributed by atoms with Gasteiger partial charge >= 0.3 is 0 Å². The molecule has 0 amide bonds. The Morgan fingerprint density at radius 3 is 3.05 bits per heavy atom. The lowest BCUT2D eigenvalue weighted by molar-refractivity contribution is -0.384. The molecule has 1 atom stereocenters. The molecule has 0 spiro atoms. The van der Waals surface area contributed by atoms with E-state index in [9.17, 15) is 10.1 Å². The molecule has 7 heteroatoms. The predicted molar refractivity (Wildman–Crippen MR) is 81.8 cm³/mol. The smallest absolute Gasteiger partial charge is 0.270 e. The van der Waals surface area contributed by atoms with Gasteiger partial charge in [0.15, 0.2) is 5.13 Å². The minimum Gasteiger partial charge on any atom is -0.469 e. The van der Waals surface area contributed by atoms with Gasteiger partial charge in [0.2, 0.25) is 0 Å². The number of thiazole rings is 1. The predicted octanol–water partition coefficient (Wildman–Crippen LogP) is 3.84. The molecule has 0 saturated heterocycles. The molecular weight excluding hydrogens is 290 g/mol. The number of hydrogen-bond acceptors (Lipinski definition) is 6. The summed E-state index contributed by atoms with van der Waals surface area (Å²) in [4.78, 5) is 14.8. The van der Waals surface area contributed by atoms with Gasteiger partial charge in [-0.3, -0.25) is 10.1 Å². The number of nitrogens with one attached hydrogen (secondary N) is 1. The number of nitro groups is 1. The quantitative estimate of drug-likeness (QED) is 0.572. The van der Waals surface area contributed by atoms with Gasteiger partial charge in [0, 0.05) is 24.6 Å². The minimum atomic E-state index is -0.397. The van der Waals surface area contributed by atoms with E-state index in [1.54, 1.807) is 18.4 Å². The fourth-order valence-electron chi connectivity index (χ4n) is 2.08. The van der Waals surface area contributed by atoms with Gasteiger partial charge in [0.05, 0.1) is 21.4 Å². The van der Waals surface area contributed by atoms with Crippen LogP contribution in [0, 0.1) is 10.1 Å². The lowest BCUT2D eigenvalue weighted by atomic mass is 10.2. The SMILES string of the molecule is CC(Cc1ccco1)Nc1nc2ccc([N+](=O)[O-])cc2s1. The zero-order chi connectivity index (χ0) is 14.8. The Kier molecular flexibility index (Phi) is 3.57. The van der Waals surface area contributed by atoms with Crippen molar-refractivity contribution in [2.75, 3.05) is 5.32 Å². The highest BCUT2D eigenvalue weighted by atomic mass is 32.1. The molecule has 2 heterocycles. The van der Waals surface area contributed by atoms with Gasteiger partial charge < -0.3 is 9.73 Å². The van der Waals surface area contributed by atoms with Gasteiger partial charge in [0.25, 0.3) is 5.69 Å². The average Bonchev–Trinajstić information content (AvgIpc) is 3.05. The first-order chi connectivity index (χ1) is 10.1. The highest BCUT2D eigenvalue weighted by Gasteiger charge is 2.12. The number of furan rings is 1. The zero-order valence-electron chi connectivity index (χ0n) is 11.3. The Hall–Kier alpha value is -2.41. The molecule has 0 aliphatic rings. The second kappa shape index (κ2) is 5.53. The summed E-state index contributed by atoms with van der Waals surface area (Å²) in [5, 5.41) is 14.8. The maximum absolute atomic E-state index is 10.8. The molecule has 2 aromatic heterocycles. The molecule has 0 bridgehead atoms. The zero-order valence-corrected chi connectivity index (χ0v) is 12.1. The molecule has 0 radical (unpaired) electrons. The third-order valence-corrected chi connectivity index (χ3v) is 3.99. The number of non-ortho nitro benzene ring substituents is 1. The van der Waals surface area contributed by atoms with Crippen molar-refractivity contribution in [1.82, 2.24) is 4.98 Å². The fourth-order valence-corrected chi connectivity index (χ4v) is 3.09. The van der Waals surface area contributed by atoms with E-state index >= 15 is 0 Å². The molecule has 0 aliphatic carbocycles.